The summed E-state index contributed by atoms with van der Waals surface area (Å²) in [5, 5.41) is 11.6. The molecule has 0 saturated carbocycles. The zero-order chi connectivity index (χ0) is 16.2. The van der Waals surface area contributed by atoms with Crippen LogP contribution in [0.3, 0.4) is 0 Å². The number of nitrogens with zero attached hydrogens (tertiary/aromatic N) is 1. The number of hydrogen-bond acceptors (Lipinski definition) is 4. The summed E-state index contributed by atoms with van der Waals surface area (Å²) in [5.74, 6) is -1.83. The van der Waals surface area contributed by atoms with Gasteiger partial charge in [0.05, 0.1) is 5.75 Å². The topological polar surface area (TPSA) is 104 Å². The summed E-state index contributed by atoms with van der Waals surface area (Å²) in [6, 6.07) is -0.907. The summed E-state index contributed by atoms with van der Waals surface area (Å²) in [7, 11) is -3.21. The normalized spacial score (nSPS) is 19.4. The highest BCUT2D eigenvalue weighted by Gasteiger charge is 2.32. The summed E-state index contributed by atoms with van der Waals surface area (Å²) >= 11 is 0. The first-order valence-electron chi connectivity index (χ1n) is 7.20. The van der Waals surface area contributed by atoms with Gasteiger partial charge in [0.15, 0.2) is 0 Å². The number of piperidine rings is 1. The smallest absolute Gasteiger partial charge is 0.326 e. The van der Waals surface area contributed by atoms with Crippen LogP contribution in [0.1, 0.15) is 33.6 Å². The number of aliphatic carboxylic acids is 1. The van der Waals surface area contributed by atoms with E-state index < -0.39 is 22.0 Å². The third-order valence-electron chi connectivity index (χ3n) is 3.81. The van der Waals surface area contributed by atoms with Crippen molar-refractivity contribution in [3.05, 3.63) is 0 Å². The average molecular weight is 320 g/mol. The Labute approximate surface area is 125 Å². The fraction of sp³-hybridized carbons (Fsp3) is 0.846. The second-order valence-corrected chi connectivity index (χ2v) is 7.90. The number of sulfonamides is 1. The Morgan fingerprint density at radius 3 is 2.19 bits per heavy atom. The predicted molar refractivity (Wildman–Crippen MR) is 78.2 cm³/mol. The van der Waals surface area contributed by atoms with Gasteiger partial charge >= 0.3 is 5.97 Å². The standard InChI is InChI=1S/C13H24N2O5S/c1-4-21(19,20)15-7-5-10(6-8-15)12(16)14-11(9(2)3)13(17)18/h9-11H,4-8H2,1-3H3,(H,14,16)(H,17,18)/t11-/m1/s1. The van der Waals surface area contributed by atoms with E-state index in [1.807, 2.05) is 0 Å². The van der Waals surface area contributed by atoms with Crippen molar-refractivity contribution >= 4 is 21.9 Å². The third kappa shape index (κ3) is 4.67. The molecular formula is C13H24N2O5S. The second kappa shape index (κ2) is 7.22. The van der Waals surface area contributed by atoms with E-state index in [1.54, 1.807) is 20.8 Å². The Balaban J connectivity index is 2.58. The van der Waals surface area contributed by atoms with E-state index in [2.05, 4.69) is 5.32 Å². The number of amides is 1. The quantitative estimate of drug-likeness (QED) is 0.731. The Morgan fingerprint density at radius 2 is 1.81 bits per heavy atom. The molecule has 2 N–H and O–H groups in total. The zero-order valence-corrected chi connectivity index (χ0v) is 13.5. The molecule has 0 radical (unpaired) electrons. The molecule has 0 aromatic carbocycles. The largest absolute Gasteiger partial charge is 0.480 e. The highest BCUT2D eigenvalue weighted by atomic mass is 32.2. The molecule has 1 heterocycles. The van der Waals surface area contributed by atoms with Crippen LogP contribution in [0.25, 0.3) is 0 Å². The van der Waals surface area contributed by atoms with E-state index in [0.717, 1.165) is 0 Å². The van der Waals surface area contributed by atoms with E-state index in [4.69, 9.17) is 5.11 Å². The van der Waals surface area contributed by atoms with Gasteiger partial charge in [-0.2, -0.15) is 0 Å². The molecule has 1 atom stereocenters. The summed E-state index contributed by atoms with van der Waals surface area (Å²) in [6.45, 7) is 5.68. The molecule has 1 aliphatic heterocycles. The molecule has 0 aromatic heterocycles. The van der Waals surface area contributed by atoms with E-state index in [0.29, 0.717) is 25.9 Å². The van der Waals surface area contributed by atoms with Gasteiger partial charge in [0.1, 0.15) is 6.04 Å². The van der Waals surface area contributed by atoms with Crippen molar-refractivity contribution in [2.75, 3.05) is 18.8 Å². The fourth-order valence-corrected chi connectivity index (χ4v) is 3.50. The maximum Gasteiger partial charge on any atom is 0.326 e. The minimum atomic E-state index is -3.21. The Kier molecular flexibility index (Phi) is 6.15. The number of rotatable bonds is 6. The summed E-state index contributed by atoms with van der Waals surface area (Å²) in [4.78, 5) is 23.2. The van der Waals surface area contributed by atoms with Crippen LogP contribution in [0, 0.1) is 11.8 Å². The van der Waals surface area contributed by atoms with Crippen LogP contribution in [0.2, 0.25) is 0 Å². The first-order valence-corrected chi connectivity index (χ1v) is 8.81. The molecule has 1 saturated heterocycles. The van der Waals surface area contributed by atoms with Gasteiger partial charge in [0, 0.05) is 19.0 Å². The lowest BCUT2D eigenvalue weighted by Crippen LogP contribution is -2.49. The molecule has 8 heteroatoms. The fourth-order valence-electron chi connectivity index (χ4n) is 2.36. The minimum absolute atomic E-state index is 0.0539. The van der Waals surface area contributed by atoms with Gasteiger partial charge in [0.2, 0.25) is 15.9 Å². The van der Waals surface area contributed by atoms with Crippen molar-refractivity contribution in [1.82, 2.24) is 9.62 Å². The average Bonchev–Trinajstić information content (AvgIpc) is 2.43. The van der Waals surface area contributed by atoms with Gasteiger partial charge < -0.3 is 10.4 Å². The summed E-state index contributed by atoms with van der Waals surface area (Å²) < 4.78 is 24.9. The molecule has 0 bridgehead atoms. The Hall–Kier alpha value is -1.15. The number of hydrogen-bond donors (Lipinski definition) is 2. The van der Waals surface area contributed by atoms with E-state index in [1.165, 1.54) is 4.31 Å². The van der Waals surface area contributed by atoms with Gasteiger partial charge in [-0.15, -0.1) is 0 Å². The van der Waals surface area contributed by atoms with Gasteiger partial charge in [0.25, 0.3) is 0 Å². The van der Waals surface area contributed by atoms with Crippen molar-refractivity contribution < 1.29 is 23.1 Å². The Bertz CT molecular complexity index is 481. The molecule has 1 amide bonds. The summed E-state index contributed by atoms with van der Waals surface area (Å²) in [5.41, 5.74) is 0. The zero-order valence-electron chi connectivity index (χ0n) is 12.7. The molecule has 7 nitrogen and oxygen atoms in total. The van der Waals surface area contributed by atoms with Gasteiger partial charge in [-0.1, -0.05) is 13.8 Å². The number of carboxylic acids is 1. The lowest BCUT2D eigenvalue weighted by atomic mass is 9.95. The van der Waals surface area contributed by atoms with Crippen LogP contribution in [-0.2, 0) is 19.6 Å². The van der Waals surface area contributed by atoms with Crippen molar-refractivity contribution in [2.45, 2.75) is 39.7 Å². The van der Waals surface area contributed by atoms with Crippen molar-refractivity contribution in [2.24, 2.45) is 11.8 Å². The number of carboxylic acid groups (broad SMARTS) is 1. The molecular weight excluding hydrogens is 296 g/mol. The van der Waals surface area contributed by atoms with E-state index >= 15 is 0 Å². The molecule has 1 fully saturated rings. The molecule has 1 rings (SSSR count). The number of nitrogens with one attached hydrogen (secondary N) is 1. The van der Waals surface area contributed by atoms with Crippen molar-refractivity contribution in [3.63, 3.8) is 0 Å². The van der Waals surface area contributed by atoms with Crippen LogP contribution >= 0.6 is 0 Å². The van der Waals surface area contributed by atoms with Gasteiger partial charge in [-0.05, 0) is 25.7 Å². The van der Waals surface area contributed by atoms with Crippen molar-refractivity contribution in [3.8, 4) is 0 Å². The SMILES string of the molecule is CCS(=O)(=O)N1CCC(C(=O)N[C@@H](C(=O)O)C(C)C)CC1. The monoisotopic (exact) mass is 320 g/mol. The summed E-state index contributed by atoms with van der Waals surface area (Å²) in [6.07, 6.45) is 0.852. The highest BCUT2D eigenvalue weighted by molar-refractivity contribution is 7.89. The van der Waals surface area contributed by atoms with Crippen molar-refractivity contribution in [1.29, 1.82) is 0 Å². The first kappa shape index (κ1) is 17.9. The van der Waals surface area contributed by atoms with Crippen LogP contribution < -0.4 is 5.32 Å². The van der Waals surface area contributed by atoms with Gasteiger partial charge in [-0.3, -0.25) is 4.79 Å². The third-order valence-corrected chi connectivity index (χ3v) is 5.69. The molecule has 1 aliphatic rings. The molecule has 0 aliphatic carbocycles. The lowest BCUT2D eigenvalue weighted by Gasteiger charge is -2.31. The molecule has 21 heavy (non-hydrogen) atoms. The second-order valence-electron chi connectivity index (χ2n) is 5.64. The predicted octanol–water partition coefficient (Wildman–Crippen LogP) is 0.274. The number of carbonyl (C=O) groups excluding carboxylic acids is 1. The molecule has 0 aromatic rings. The molecule has 122 valence electrons. The maximum atomic E-state index is 12.1. The number of carbonyl (C=O) groups is 2. The first-order chi connectivity index (χ1) is 9.69. The van der Waals surface area contributed by atoms with Gasteiger partial charge in [-0.25, -0.2) is 17.5 Å². The van der Waals surface area contributed by atoms with Crippen LogP contribution in [0.5, 0.6) is 0 Å². The maximum absolute atomic E-state index is 12.1. The molecule has 0 unspecified atom stereocenters. The Morgan fingerprint density at radius 1 is 1.29 bits per heavy atom. The molecule has 0 spiro atoms. The highest BCUT2D eigenvalue weighted by Crippen LogP contribution is 2.20. The van der Waals surface area contributed by atoms with Crippen LogP contribution in [0.4, 0.5) is 0 Å². The minimum Gasteiger partial charge on any atom is -0.480 e. The van der Waals surface area contributed by atoms with E-state index in [9.17, 15) is 18.0 Å². The van der Waals surface area contributed by atoms with Crippen LogP contribution in [0.15, 0.2) is 0 Å². The lowest BCUT2D eigenvalue weighted by molar-refractivity contribution is -0.144. The van der Waals surface area contributed by atoms with E-state index in [-0.39, 0.29) is 23.5 Å². The van der Waals surface area contributed by atoms with Crippen LogP contribution in [-0.4, -0.2) is 54.6 Å².